The SMILES string of the molecule is OC(c1c(Br)ccc(Cl)c1F)C1CC1. The third-order valence-corrected chi connectivity index (χ3v) is 3.43. The Labute approximate surface area is 95.0 Å². The molecular formula is C10H9BrClFO. The van der Waals surface area contributed by atoms with E-state index in [4.69, 9.17) is 11.6 Å². The molecule has 1 atom stereocenters. The highest BCUT2D eigenvalue weighted by Crippen LogP contribution is 2.44. The summed E-state index contributed by atoms with van der Waals surface area (Å²) in [5.41, 5.74) is 0.292. The second-order valence-electron chi connectivity index (χ2n) is 3.54. The fraction of sp³-hybridized carbons (Fsp3) is 0.400. The van der Waals surface area contributed by atoms with Crippen LogP contribution in [0, 0.1) is 11.7 Å². The molecule has 1 aliphatic rings. The van der Waals surface area contributed by atoms with Crippen molar-refractivity contribution in [3.63, 3.8) is 0 Å². The number of benzene rings is 1. The van der Waals surface area contributed by atoms with Gasteiger partial charge in [0, 0.05) is 10.0 Å². The first-order chi connectivity index (χ1) is 6.61. The monoisotopic (exact) mass is 278 g/mol. The van der Waals surface area contributed by atoms with Gasteiger partial charge in [-0.05, 0) is 30.9 Å². The largest absolute Gasteiger partial charge is 0.388 e. The van der Waals surface area contributed by atoms with Crippen LogP contribution in [0.25, 0.3) is 0 Å². The molecule has 0 aliphatic heterocycles. The molecule has 0 aromatic heterocycles. The lowest BCUT2D eigenvalue weighted by Crippen LogP contribution is -2.04. The zero-order valence-corrected chi connectivity index (χ0v) is 9.65. The first kappa shape index (κ1) is 10.4. The lowest BCUT2D eigenvalue weighted by Gasteiger charge is -2.13. The maximum atomic E-state index is 13.6. The van der Waals surface area contributed by atoms with E-state index in [2.05, 4.69) is 15.9 Å². The minimum Gasteiger partial charge on any atom is -0.388 e. The van der Waals surface area contributed by atoms with Crippen molar-refractivity contribution in [2.75, 3.05) is 0 Å². The van der Waals surface area contributed by atoms with Gasteiger partial charge in [-0.25, -0.2) is 4.39 Å². The first-order valence-electron chi connectivity index (χ1n) is 4.42. The summed E-state index contributed by atoms with van der Waals surface area (Å²) < 4.78 is 14.2. The van der Waals surface area contributed by atoms with Crippen LogP contribution in [0.1, 0.15) is 24.5 Å². The van der Waals surface area contributed by atoms with Gasteiger partial charge in [-0.1, -0.05) is 27.5 Å². The van der Waals surface area contributed by atoms with E-state index in [9.17, 15) is 9.50 Å². The molecule has 1 aliphatic carbocycles. The summed E-state index contributed by atoms with van der Waals surface area (Å²) in [6.45, 7) is 0. The van der Waals surface area contributed by atoms with E-state index in [1.807, 2.05) is 0 Å². The minimum atomic E-state index is -0.733. The van der Waals surface area contributed by atoms with Crippen molar-refractivity contribution < 1.29 is 9.50 Å². The number of hydrogen-bond acceptors (Lipinski definition) is 1. The van der Waals surface area contributed by atoms with Gasteiger partial charge in [0.1, 0.15) is 5.82 Å². The Kier molecular flexibility index (Phi) is 2.82. The zero-order chi connectivity index (χ0) is 10.3. The Hall–Kier alpha value is -0.120. The number of halogens is 3. The van der Waals surface area contributed by atoms with E-state index < -0.39 is 11.9 Å². The van der Waals surface area contributed by atoms with Crippen molar-refractivity contribution in [3.05, 3.63) is 33.0 Å². The molecule has 14 heavy (non-hydrogen) atoms. The van der Waals surface area contributed by atoms with E-state index >= 15 is 0 Å². The van der Waals surface area contributed by atoms with Crippen LogP contribution in [0.3, 0.4) is 0 Å². The Morgan fingerprint density at radius 3 is 2.71 bits per heavy atom. The fourth-order valence-corrected chi connectivity index (χ4v) is 2.17. The van der Waals surface area contributed by atoms with Crippen LogP contribution in [0.15, 0.2) is 16.6 Å². The molecule has 1 saturated carbocycles. The summed E-state index contributed by atoms with van der Waals surface area (Å²) >= 11 is 8.87. The van der Waals surface area contributed by atoms with Crippen LogP contribution in [-0.4, -0.2) is 5.11 Å². The van der Waals surface area contributed by atoms with Crippen molar-refractivity contribution in [3.8, 4) is 0 Å². The quantitative estimate of drug-likeness (QED) is 0.819. The average molecular weight is 280 g/mol. The summed E-state index contributed by atoms with van der Waals surface area (Å²) in [5, 5.41) is 9.88. The molecule has 0 spiro atoms. The summed E-state index contributed by atoms with van der Waals surface area (Å²) in [7, 11) is 0. The lowest BCUT2D eigenvalue weighted by atomic mass is 10.1. The molecule has 0 saturated heterocycles. The molecular weight excluding hydrogens is 270 g/mol. The zero-order valence-electron chi connectivity index (χ0n) is 7.30. The van der Waals surface area contributed by atoms with Gasteiger partial charge < -0.3 is 5.11 Å². The molecule has 0 radical (unpaired) electrons. The minimum absolute atomic E-state index is 0.0582. The molecule has 1 N–H and O–H groups in total. The molecule has 0 amide bonds. The van der Waals surface area contributed by atoms with Gasteiger partial charge in [-0.3, -0.25) is 0 Å². The van der Waals surface area contributed by atoms with E-state index in [0.717, 1.165) is 12.8 Å². The molecule has 76 valence electrons. The lowest BCUT2D eigenvalue weighted by molar-refractivity contribution is 0.148. The Morgan fingerprint density at radius 2 is 2.14 bits per heavy atom. The third-order valence-electron chi connectivity index (χ3n) is 2.44. The molecule has 2 rings (SSSR count). The maximum Gasteiger partial charge on any atom is 0.148 e. The van der Waals surface area contributed by atoms with E-state index in [0.29, 0.717) is 10.0 Å². The fourth-order valence-electron chi connectivity index (χ4n) is 1.46. The summed E-state index contributed by atoms with van der Waals surface area (Å²) in [5.74, 6) is -0.320. The van der Waals surface area contributed by atoms with Crippen molar-refractivity contribution in [1.82, 2.24) is 0 Å². The number of aliphatic hydroxyl groups excluding tert-OH is 1. The normalized spacial score (nSPS) is 18.3. The first-order valence-corrected chi connectivity index (χ1v) is 5.60. The Bertz CT molecular complexity index is 365. The molecule has 0 bridgehead atoms. The predicted octanol–water partition coefficient (Wildman–Crippen LogP) is 3.69. The molecule has 0 heterocycles. The van der Waals surface area contributed by atoms with E-state index in [1.54, 1.807) is 6.07 Å². The van der Waals surface area contributed by atoms with Crippen LogP contribution < -0.4 is 0 Å². The smallest absolute Gasteiger partial charge is 0.148 e. The van der Waals surface area contributed by atoms with Crippen LogP contribution >= 0.6 is 27.5 Å². The van der Waals surface area contributed by atoms with Crippen LogP contribution in [-0.2, 0) is 0 Å². The molecule has 1 fully saturated rings. The highest BCUT2D eigenvalue weighted by atomic mass is 79.9. The van der Waals surface area contributed by atoms with Gasteiger partial charge >= 0.3 is 0 Å². The molecule has 1 unspecified atom stereocenters. The van der Waals surface area contributed by atoms with Crippen molar-refractivity contribution >= 4 is 27.5 Å². The van der Waals surface area contributed by atoms with Gasteiger partial charge in [0.05, 0.1) is 11.1 Å². The van der Waals surface area contributed by atoms with E-state index in [1.165, 1.54) is 6.07 Å². The van der Waals surface area contributed by atoms with Gasteiger partial charge in [-0.15, -0.1) is 0 Å². The van der Waals surface area contributed by atoms with Crippen molar-refractivity contribution in [1.29, 1.82) is 0 Å². The van der Waals surface area contributed by atoms with E-state index in [-0.39, 0.29) is 10.9 Å². The number of aliphatic hydroxyl groups is 1. The predicted molar refractivity (Wildman–Crippen MR) is 56.8 cm³/mol. The number of hydrogen-bond donors (Lipinski definition) is 1. The second kappa shape index (κ2) is 3.80. The summed E-state index contributed by atoms with van der Waals surface area (Å²) in [4.78, 5) is 0. The Morgan fingerprint density at radius 1 is 1.50 bits per heavy atom. The molecule has 1 aromatic carbocycles. The molecule has 1 aromatic rings. The molecule has 1 nitrogen and oxygen atoms in total. The van der Waals surface area contributed by atoms with Gasteiger partial charge in [0.15, 0.2) is 0 Å². The summed E-state index contributed by atoms with van der Waals surface area (Å²) in [6.07, 6.45) is 1.18. The van der Waals surface area contributed by atoms with Crippen LogP contribution in [0.5, 0.6) is 0 Å². The van der Waals surface area contributed by atoms with Gasteiger partial charge in [0.25, 0.3) is 0 Å². The highest BCUT2D eigenvalue weighted by Gasteiger charge is 2.34. The third kappa shape index (κ3) is 1.81. The summed E-state index contributed by atoms with van der Waals surface area (Å²) in [6, 6.07) is 3.14. The maximum absolute atomic E-state index is 13.6. The van der Waals surface area contributed by atoms with Crippen LogP contribution in [0.2, 0.25) is 5.02 Å². The molecule has 4 heteroatoms. The topological polar surface area (TPSA) is 20.2 Å². The highest BCUT2D eigenvalue weighted by molar-refractivity contribution is 9.10. The van der Waals surface area contributed by atoms with Gasteiger partial charge in [0.2, 0.25) is 0 Å². The van der Waals surface area contributed by atoms with Crippen LogP contribution in [0.4, 0.5) is 4.39 Å². The van der Waals surface area contributed by atoms with Gasteiger partial charge in [-0.2, -0.15) is 0 Å². The van der Waals surface area contributed by atoms with Crippen molar-refractivity contribution in [2.45, 2.75) is 18.9 Å². The second-order valence-corrected chi connectivity index (χ2v) is 4.80. The Balaban J connectivity index is 2.43. The number of rotatable bonds is 2. The standard InChI is InChI=1S/C10H9BrClFO/c11-6-3-4-7(12)9(13)8(6)10(14)5-1-2-5/h3-5,10,14H,1-2H2. The van der Waals surface area contributed by atoms with Crippen molar-refractivity contribution in [2.24, 2.45) is 5.92 Å². The average Bonchev–Trinajstić information content (AvgIpc) is 2.95.